The Morgan fingerprint density at radius 1 is 1.33 bits per heavy atom. The van der Waals surface area contributed by atoms with E-state index in [2.05, 4.69) is 33.8 Å². The van der Waals surface area contributed by atoms with Gasteiger partial charge < -0.3 is 5.32 Å². The van der Waals surface area contributed by atoms with Crippen molar-refractivity contribution < 1.29 is 0 Å². The summed E-state index contributed by atoms with van der Waals surface area (Å²) in [5.41, 5.74) is 0.918. The van der Waals surface area contributed by atoms with Gasteiger partial charge in [0.15, 0.2) is 11.5 Å². The summed E-state index contributed by atoms with van der Waals surface area (Å²) in [6.45, 7) is 4.51. The van der Waals surface area contributed by atoms with Crippen molar-refractivity contribution in [2.45, 2.75) is 45.2 Å². The lowest BCUT2D eigenvalue weighted by Gasteiger charge is -2.18. The number of hydrogen-bond donors (Lipinski definition) is 1. The fourth-order valence-electron chi connectivity index (χ4n) is 2.94. The monoisotopic (exact) mass is 244 g/mol. The molecule has 2 aromatic rings. The van der Waals surface area contributed by atoms with Crippen molar-refractivity contribution in [1.82, 2.24) is 19.9 Å². The van der Waals surface area contributed by atoms with E-state index in [1.165, 1.54) is 19.3 Å². The maximum Gasteiger partial charge on any atom is 0.160 e. The number of aromatic nitrogens is 3. The van der Waals surface area contributed by atoms with Crippen molar-refractivity contribution in [2.75, 3.05) is 0 Å². The summed E-state index contributed by atoms with van der Waals surface area (Å²) in [5, 5.41) is 12.2. The zero-order valence-electron chi connectivity index (χ0n) is 11.0. The van der Waals surface area contributed by atoms with E-state index >= 15 is 0 Å². The Labute approximate surface area is 107 Å². The summed E-state index contributed by atoms with van der Waals surface area (Å²) in [5.74, 6) is 1.86. The van der Waals surface area contributed by atoms with E-state index in [0.717, 1.165) is 17.4 Å². The topological polar surface area (TPSA) is 42.2 Å². The second-order valence-corrected chi connectivity index (χ2v) is 5.49. The van der Waals surface area contributed by atoms with Crippen molar-refractivity contribution in [2.24, 2.45) is 5.92 Å². The zero-order chi connectivity index (χ0) is 12.5. The first-order valence-electron chi connectivity index (χ1n) is 6.80. The number of hydrogen-bond acceptors (Lipinski definition) is 3. The minimum absolute atomic E-state index is 0.248. The Morgan fingerprint density at radius 3 is 3.00 bits per heavy atom. The quantitative estimate of drug-likeness (QED) is 0.902. The van der Waals surface area contributed by atoms with Crippen LogP contribution in [0.5, 0.6) is 0 Å². The number of fused-ring (bicyclic) bond motifs is 1. The molecular formula is C14H20N4. The Balaban J connectivity index is 1.77. The first kappa shape index (κ1) is 11.7. The minimum atomic E-state index is 0.248. The van der Waals surface area contributed by atoms with Crippen LogP contribution in [0.25, 0.3) is 5.65 Å². The first-order valence-corrected chi connectivity index (χ1v) is 6.80. The minimum Gasteiger partial charge on any atom is -0.305 e. The van der Waals surface area contributed by atoms with Crippen LogP contribution in [0, 0.1) is 5.92 Å². The van der Waals surface area contributed by atoms with E-state index in [1.807, 2.05) is 24.4 Å². The third-order valence-corrected chi connectivity index (χ3v) is 3.91. The van der Waals surface area contributed by atoms with E-state index in [0.29, 0.717) is 6.04 Å². The molecule has 0 amide bonds. The van der Waals surface area contributed by atoms with E-state index in [4.69, 9.17) is 0 Å². The Bertz CT molecular complexity index is 533. The Hall–Kier alpha value is -1.42. The molecule has 0 spiro atoms. The van der Waals surface area contributed by atoms with Gasteiger partial charge in [-0.15, -0.1) is 10.2 Å². The summed E-state index contributed by atoms with van der Waals surface area (Å²) < 4.78 is 2.07. The van der Waals surface area contributed by atoms with Crippen LogP contribution in [-0.4, -0.2) is 20.6 Å². The maximum absolute atomic E-state index is 4.31. The molecule has 3 rings (SSSR count). The highest BCUT2D eigenvalue weighted by Gasteiger charge is 2.24. The van der Waals surface area contributed by atoms with Gasteiger partial charge in [0.2, 0.25) is 0 Å². The van der Waals surface area contributed by atoms with Crippen LogP contribution in [-0.2, 0) is 0 Å². The van der Waals surface area contributed by atoms with Gasteiger partial charge in [0.05, 0.1) is 6.04 Å². The largest absolute Gasteiger partial charge is 0.305 e. The van der Waals surface area contributed by atoms with Gasteiger partial charge in [0, 0.05) is 12.2 Å². The highest BCUT2D eigenvalue weighted by Crippen LogP contribution is 2.26. The van der Waals surface area contributed by atoms with Gasteiger partial charge in [0.1, 0.15) is 0 Å². The molecule has 2 aromatic heterocycles. The Morgan fingerprint density at radius 2 is 2.22 bits per heavy atom. The molecule has 4 heteroatoms. The van der Waals surface area contributed by atoms with E-state index in [-0.39, 0.29) is 6.04 Å². The van der Waals surface area contributed by atoms with E-state index in [1.54, 1.807) is 0 Å². The first-order chi connectivity index (χ1) is 8.74. The summed E-state index contributed by atoms with van der Waals surface area (Å²) in [6, 6.07) is 6.87. The molecule has 0 saturated heterocycles. The van der Waals surface area contributed by atoms with Gasteiger partial charge in [0.25, 0.3) is 0 Å². The Kier molecular flexibility index (Phi) is 3.04. The molecule has 0 aliphatic heterocycles. The van der Waals surface area contributed by atoms with Crippen LogP contribution < -0.4 is 5.32 Å². The summed E-state index contributed by atoms with van der Waals surface area (Å²) in [7, 11) is 0. The summed E-state index contributed by atoms with van der Waals surface area (Å²) >= 11 is 0. The van der Waals surface area contributed by atoms with Crippen LogP contribution in [0.3, 0.4) is 0 Å². The summed E-state index contributed by atoms with van der Waals surface area (Å²) in [6.07, 6.45) is 5.93. The SMILES string of the molecule is CC1CCC(NC(C)c2nnc3ccccn23)C1. The molecule has 1 N–H and O–H groups in total. The van der Waals surface area contributed by atoms with Crippen LogP contribution in [0.2, 0.25) is 0 Å². The molecule has 2 heterocycles. The average Bonchev–Trinajstić information content (AvgIpc) is 2.95. The van der Waals surface area contributed by atoms with Crippen molar-refractivity contribution in [1.29, 1.82) is 0 Å². The molecule has 1 fully saturated rings. The molecular weight excluding hydrogens is 224 g/mol. The third-order valence-electron chi connectivity index (χ3n) is 3.91. The number of pyridine rings is 1. The number of rotatable bonds is 3. The van der Waals surface area contributed by atoms with Crippen molar-refractivity contribution >= 4 is 5.65 Å². The molecule has 3 unspecified atom stereocenters. The smallest absolute Gasteiger partial charge is 0.160 e. The van der Waals surface area contributed by atoms with Gasteiger partial charge in [-0.3, -0.25) is 4.40 Å². The van der Waals surface area contributed by atoms with Gasteiger partial charge in [-0.25, -0.2) is 0 Å². The molecule has 4 nitrogen and oxygen atoms in total. The maximum atomic E-state index is 4.31. The van der Waals surface area contributed by atoms with Crippen LogP contribution >= 0.6 is 0 Å². The standard InChI is InChI=1S/C14H20N4/c1-10-6-7-12(9-10)15-11(2)14-17-16-13-5-3-4-8-18(13)14/h3-5,8,10-12,15H,6-7,9H2,1-2H3. The lowest BCUT2D eigenvalue weighted by molar-refractivity contribution is 0.435. The van der Waals surface area contributed by atoms with Gasteiger partial charge in [-0.1, -0.05) is 13.0 Å². The molecule has 1 saturated carbocycles. The highest BCUT2D eigenvalue weighted by molar-refractivity contribution is 5.37. The molecule has 96 valence electrons. The fourth-order valence-corrected chi connectivity index (χ4v) is 2.94. The molecule has 1 aliphatic rings. The van der Waals surface area contributed by atoms with E-state index < -0.39 is 0 Å². The lowest BCUT2D eigenvalue weighted by atomic mass is 10.1. The normalized spacial score (nSPS) is 25.7. The predicted molar refractivity (Wildman–Crippen MR) is 71.3 cm³/mol. The second-order valence-electron chi connectivity index (χ2n) is 5.49. The zero-order valence-corrected chi connectivity index (χ0v) is 11.0. The average molecular weight is 244 g/mol. The summed E-state index contributed by atoms with van der Waals surface area (Å²) in [4.78, 5) is 0. The van der Waals surface area contributed by atoms with Crippen molar-refractivity contribution in [3.63, 3.8) is 0 Å². The predicted octanol–water partition coefficient (Wildman–Crippen LogP) is 2.57. The van der Waals surface area contributed by atoms with Gasteiger partial charge in [-0.05, 0) is 44.2 Å². The van der Waals surface area contributed by atoms with Gasteiger partial charge >= 0.3 is 0 Å². The highest BCUT2D eigenvalue weighted by atomic mass is 15.3. The van der Waals surface area contributed by atoms with Crippen LogP contribution in [0.15, 0.2) is 24.4 Å². The molecule has 0 radical (unpaired) electrons. The third kappa shape index (κ3) is 2.12. The van der Waals surface area contributed by atoms with Crippen molar-refractivity contribution in [3.05, 3.63) is 30.2 Å². The fraction of sp³-hybridized carbons (Fsp3) is 0.571. The van der Waals surface area contributed by atoms with Crippen molar-refractivity contribution in [3.8, 4) is 0 Å². The van der Waals surface area contributed by atoms with Gasteiger partial charge in [-0.2, -0.15) is 0 Å². The van der Waals surface area contributed by atoms with E-state index in [9.17, 15) is 0 Å². The molecule has 3 atom stereocenters. The van der Waals surface area contributed by atoms with Crippen LogP contribution in [0.1, 0.15) is 45.0 Å². The number of nitrogens with zero attached hydrogens (tertiary/aromatic N) is 3. The molecule has 0 aromatic carbocycles. The van der Waals surface area contributed by atoms with Crippen LogP contribution in [0.4, 0.5) is 0 Å². The molecule has 18 heavy (non-hydrogen) atoms. The second kappa shape index (κ2) is 4.69. The lowest BCUT2D eigenvalue weighted by Crippen LogP contribution is -2.30. The number of nitrogens with one attached hydrogen (secondary N) is 1. The molecule has 1 aliphatic carbocycles. The molecule has 0 bridgehead atoms.